The smallest absolute Gasteiger partial charge is 0.405 e. The highest BCUT2D eigenvalue weighted by atomic mass is 127. The number of hydrogen-bond acceptors (Lipinski definition) is 2. The number of para-hydroxylation sites is 1. The fraction of sp³-hybridized carbons (Fsp3) is 0.500. The lowest BCUT2D eigenvalue weighted by Crippen LogP contribution is -2.37. The molecule has 1 aliphatic carbocycles. The number of nitrogens with one attached hydrogen (secondary N) is 1. The summed E-state index contributed by atoms with van der Waals surface area (Å²) in [5, 5.41) is 2.96. The molecule has 1 aromatic rings. The van der Waals surface area contributed by atoms with Gasteiger partial charge in [-0.05, 0) is 31.9 Å². The number of guanidine groups is 1. The molecule has 0 saturated heterocycles. The Morgan fingerprint density at radius 2 is 2.00 bits per heavy atom. The first-order valence-corrected chi connectivity index (χ1v) is 6.70. The third-order valence-corrected chi connectivity index (χ3v) is 3.04. The number of halogens is 4. The van der Waals surface area contributed by atoms with Crippen LogP contribution in [-0.4, -0.2) is 24.4 Å². The first kappa shape index (κ1) is 18.9. The average Bonchev–Trinajstić information content (AvgIpc) is 3.05. The number of ether oxygens (including phenoxy) is 1. The molecule has 0 amide bonds. The number of nitrogens with two attached hydrogens (primary N) is 1. The van der Waals surface area contributed by atoms with Gasteiger partial charge in [-0.25, -0.2) is 4.99 Å². The number of hydrogen-bond donors (Lipinski definition) is 2. The maximum Gasteiger partial charge on any atom is 0.573 e. The SMILES string of the molecule is CC(C)NC(N)=NC1CC1c1ccccc1OC(F)(F)F.I. The molecule has 8 heteroatoms. The third-order valence-electron chi connectivity index (χ3n) is 3.04. The first-order chi connectivity index (χ1) is 9.76. The molecule has 1 fully saturated rings. The molecule has 1 aromatic carbocycles. The van der Waals surface area contributed by atoms with Crippen molar-refractivity contribution < 1.29 is 17.9 Å². The first-order valence-electron chi connectivity index (χ1n) is 6.70. The molecule has 22 heavy (non-hydrogen) atoms. The predicted octanol–water partition coefficient (Wildman–Crippen LogP) is 3.37. The Hall–Kier alpha value is -1.19. The molecular weight excluding hydrogens is 410 g/mol. The molecular formula is C14H19F3IN3O. The van der Waals surface area contributed by atoms with Gasteiger partial charge < -0.3 is 15.8 Å². The molecule has 2 unspecified atom stereocenters. The minimum absolute atomic E-state index is 0. The number of benzene rings is 1. The van der Waals surface area contributed by atoms with Crippen LogP contribution >= 0.6 is 24.0 Å². The van der Waals surface area contributed by atoms with Crippen molar-refractivity contribution in [3.05, 3.63) is 29.8 Å². The van der Waals surface area contributed by atoms with Crippen LogP contribution in [0, 0.1) is 0 Å². The Morgan fingerprint density at radius 3 is 2.59 bits per heavy atom. The largest absolute Gasteiger partial charge is 0.573 e. The number of rotatable bonds is 4. The van der Waals surface area contributed by atoms with Gasteiger partial charge in [-0.15, -0.1) is 37.1 Å². The quantitative estimate of drug-likeness (QED) is 0.439. The normalized spacial score (nSPS) is 21.3. The van der Waals surface area contributed by atoms with E-state index in [0.29, 0.717) is 17.9 Å². The van der Waals surface area contributed by atoms with Gasteiger partial charge in [0.25, 0.3) is 0 Å². The molecule has 124 valence electrons. The molecule has 0 heterocycles. The lowest BCUT2D eigenvalue weighted by molar-refractivity contribution is -0.274. The van der Waals surface area contributed by atoms with Crippen LogP contribution in [0.5, 0.6) is 5.75 Å². The van der Waals surface area contributed by atoms with E-state index in [1.807, 2.05) is 13.8 Å². The summed E-state index contributed by atoms with van der Waals surface area (Å²) in [5.41, 5.74) is 6.24. The molecule has 0 bridgehead atoms. The lowest BCUT2D eigenvalue weighted by Gasteiger charge is -2.13. The number of alkyl halides is 3. The van der Waals surface area contributed by atoms with Crippen molar-refractivity contribution in [3.8, 4) is 5.75 Å². The van der Waals surface area contributed by atoms with Crippen LogP contribution in [0.4, 0.5) is 13.2 Å². The monoisotopic (exact) mass is 429 g/mol. The summed E-state index contributed by atoms with van der Waals surface area (Å²) in [7, 11) is 0. The van der Waals surface area contributed by atoms with Crippen molar-refractivity contribution in [2.45, 2.75) is 44.6 Å². The minimum Gasteiger partial charge on any atom is -0.405 e. The standard InChI is InChI=1S/C14H18F3N3O.HI/c1-8(2)19-13(18)20-11-7-10(11)9-5-3-4-6-12(9)21-14(15,16)17;/h3-6,8,10-11H,7H2,1-2H3,(H3,18,19,20);1H. The maximum absolute atomic E-state index is 12.4. The van der Waals surface area contributed by atoms with Gasteiger partial charge in [0, 0.05) is 12.0 Å². The minimum atomic E-state index is -4.69. The van der Waals surface area contributed by atoms with E-state index >= 15 is 0 Å². The number of aliphatic imine (C=N–C) groups is 1. The van der Waals surface area contributed by atoms with Crippen LogP contribution in [0.1, 0.15) is 31.7 Å². The van der Waals surface area contributed by atoms with E-state index in [4.69, 9.17) is 5.73 Å². The molecule has 1 aliphatic rings. The van der Waals surface area contributed by atoms with Crippen LogP contribution in [0.15, 0.2) is 29.3 Å². The Labute approximate surface area is 144 Å². The van der Waals surface area contributed by atoms with E-state index in [2.05, 4.69) is 15.0 Å². The second-order valence-electron chi connectivity index (χ2n) is 5.31. The van der Waals surface area contributed by atoms with Crippen LogP contribution in [-0.2, 0) is 0 Å². The van der Waals surface area contributed by atoms with Gasteiger partial charge in [0.05, 0.1) is 6.04 Å². The van der Waals surface area contributed by atoms with Gasteiger partial charge in [-0.3, -0.25) is 0 Å². The maximum atomic E-state index is 12.4. The zero-order chi connectivity index (χ0) is 15.6. The summed E-state index contributed by atoms with van der Waals surface area (Å²) >= 11 is 0. The van der Waals surface area contributed by atoms with E-state index in [1.165, 1.54) is 12.1 Å². The van der Waals surface area contributed by atoms with Crippen molar-refractivity contribution in [2.24, 2.45) is 10.7 Å². The number of nitrogens with zero attached hydrogens (tertiary/aromatic N) is 1. The van der Waals surface area contributed by atoms with Gasteiger partial charge >= 0.3 is 6.36 Å². The van der Waals surface area contributed by atoms with Gasteiger partial charge in [-0.1, -0.05) is 18.2 Å². The molecule has 0 aliphatic heterocycles. The second-order valence-corrected chi connectivity index (χ2v) is 5.31. The van der Waals surface area contributed by atoms with Crippen LogP contribution in [0.3, 0.4) is 0 Å². The van der Waals surface area contributed by atoms with Crippen molar-refractivity contribution in [3.63, 3.8) is 0 Å². The second kappa shape index (κ2) is 7.38. The van der Waals surface area contributed by atoms with Gasteiger partial charge in [0.2, 0.25) is 0 Å². The fourth-order valence-corrected chi connectivity index (χ4v) is 2.17. The summed E-state index contributed by atoms with van der Waals surface area (Å²) in [4.78, 5) is 4.27. The molecule has 1 saturated carbocycles. The van der Waals surface area contributed by atoms with Crippen molar-refractivity contribution in [2.75, 3.05) is 0 Å². The van der Waals surface area contributed by atoms with Crippen LogP contribution in [0.2, 0.25) is 0 Å². The molecule has 0 aromatic heterocycles. The Bertz CT molecular complexity index is 534. The zero-order valence-corrected chi connectivity index (χ0v) is 14.6. The Balaban J connectivity index is 0.00000242. The zero-order valence-electron chi connectivity index (χ0n) is 12.2. The Morgan fingerprint density at radius 1 is 1.36 bits per heavy atom. The fourth-order valence-electron chi connectivity index (χ4n) is 2.17. The molecule has 0 spiro atoms. The lowest BCUT2D eigenvalue weighted by atomic mass is 10.1. The molecule has 0 radical (unpaired) electrons. The van der Waals surface area contributed by atoms with Crippen molar-refractivity contribution >= 4 is 29.9 Å². The summed E-state index contributed by atoms with van der Waals surface area (Å²) < 4.78 is 41.2. The highest BCUT2D eigenvalue weighted by molar-refractivity contribution is 14.0. The van der Waals surface area contributed by atoms with Crippen molar-refractivity contribution in [1.29, 1.82) is 0 Å². The highest BCUT2D eigenvalue weighted by Gasteiger charge is 2.42. The topological polar surface area (TPSA) is 59.6 Å². The summed E-state index contributed by atoms with van der Waals surface area (Å²) in [6, 6.07) is 6.21. The summed E-state index contributed by atoms with van der Waals surface area (Å²) in [6.07, 6.45) is -4.03. The van der Waals surface area contributed by atoms with E-state index in [0.717, 1.165) is 0 Å². The van der Waals surface area contributed by atoms with E-state index in [1.54, 1.807) is 12.1 Å². The summed E-state index contributed by atoms with van der Waals surface area (Å²) in [5.74, 6) is 0.0610. The van der Waals surface area contributed by atoms with E-state index in [-0.39, 0.29) is 47.7 Å². The predicted molar refractivity (Wildman–Crippen MR) is 89.6 cm³/mol. The molecule has 2 rings (SSSR count). The summed E-state index contributed by atoms with van der Waals surface area (Å²) in [6.45, 7) is 3.86. The Kier molecular flexibility index (Phi) is 6.33. The van der Waals surface area contributed by atoms with E-state index < -0.39 is 6.36 Å². The van der Waals surface area contributed by atoms with Crippen molar-refractivity contribution in [1.82, 2.24) is 5.32 Å². The average molecular weight is 429 g/mol. The van der Waals surface area contributed by atoms with Gasteiger partial charge in [0.15, 0.2) is 5.96 Å². The van der Waals surface area contributed by atoms with Gasteiger partial charge in [0.1, 0.15) is 5.75 Å². The molecule has 2 atom stereocenters. The van der Waals surface area contributed by atoms with E-state index in [9.17, 15) is 13.2 Å². The molecule has 3 N–H and O–H groups in total. The molecule has 4 nitrogen and oxygen atoms in total. The highest BCUT2D eigenvalue weighted by Crippen LogP contribution is 2.47. The third kappa shape index (κ3) is 5.54. The van der Waals surface area contributed by atoms with Crippen LogP contribution in [0.25, 0.3) is 0 Å². The van der Waals surface area contributed by atoms with Gasteiger partial charge in [-0.2, -0.15) is 0 Å². The van der Waals surface area contributed by atoms with Crippen LogP contribution < -0.4 is 15.8 Å².